The summed E-state index contributed by atoms with van der Waals surface area (Å²) in [5, 5.41) is 11.0. The highest BCUT2D eigenvalue weighted by molar-refractivity contribution is 5.84. The second-order valence-electron chi connectivity index (χ2n) is 7.04. The van der Waals surface area contributed by atoms with Gasteiger partial charge in [0.05, 0.1) is 0 Å². The van der Waals surface area contributed by atoms with Crippen LogP contribution in [0.3, 0.4) is 0 Å². The molecule has 2 fully saturated rings. The molecule has 1 aliphatic carbocycles. The Morgan fingerprint density at radius 2 is 1.83 bits per heavy atom. The second kappa shape index (κ2) is 7.99. The predicted octanol–water partition coefficient (Wildman–Crippen LogP) is 2.51. The van der Waals surface area contributed by atoms with Crippen molar-refractivity contribution in [3.05, 3.63) is 12.2 Å². The fourth-order valence-electron chi connectivity index (χ4n) is 3.39. The molecule has 2 aliphatic rings. The molecule has 4 heteroatoms. The molecule has 0 aromatic rings. The molecular formula is C19H29NO3. The van der Waals surface area contributed by atoms with E-state index in [1.54, 1.807) is 6.92 Å². The first-order valence-corrected chi connectivity index (χ1v) is 8.72. The Labute approximate surface area is 139 Å². The van der Waals surface area contributed by atoms with Crippen molar-refractivity contribution in [1.29, 1.82) is 0 Å². The Balaban J connectivity index is 2.10. The second-order valence-corrected chi connectivity index (χ2v) is 7.04. The third-order valence-corrected chi connectivity index (χ3v) is 4.91. The molecular weight excluding hydrogens is 290 g/mol. The minimum atomic E-state index is -1.69. The minimum absolute atomic E-state index is 0.111. The lowest BCUT2D eigenvalue weighted by atomic mass is 9.77. The van der Waals surface area contributed by atoms with E-state index in [0.29, 0.717) is 5.57 Å². The van der Waals surface area contributed by atoms with Crippen LogP contribution in [0.2, 0.25) is 0 Å². The molecule has 1 aliphatic heterocycles. The van der Waals surface area contributed by atoms with Gasteiger partial charge in [0.2, 0.25) is 5.60 Å². The maximum absolute atomic E-state index is 12.7. The maximum Gasteiger partial charge on any atom is 0.351 e. The average Bonchev–Trinajstić information content (AvgIpc) is 2.55. The van der Waals surface area contributed by atoms with Crippen molar-refractivity contribution in [3.8, 4) is 11.8 Å². The number of aliphatic hydroxyl groups is 1. The van der Waals surface area contributed by atoms with Crippen molar-refractivity contribution in [2.75, 3.05) is 20.1 Å². The smallest absolute Gasteiger partial charge is 0.351 e. The van der Waals surface area contributed by atoms with Crippen LogP contribution in [0.1, 0.15) is 51.9 Å². The van der Waals surface area contributed by atoms with E-state index in [4.69, 9.17) is 4.74 Å². The highest BCUT2D eigenvalue weighted by atomic mass is 16.6. The third-order valence-electron chi connectivity index (χ3n) is 4.91. The molecule has 23 heavy (non-hydrogen) atoms. The van der Waals surface area contributed by atoms with Gasteiger partial charge in [-0.2, -0.15) is 0 Å². The van der Waals surface area contributed by atoms with Gasteiger partial charge in [0.1, 0.15) is 6.10 Å². The summed E-state index contributed by atoms with van der Waals surface area (Å²) in [6, 6.07) is 0. The first kappa shape index (κ1) is 18.0. The van der Waals surface area contributed by atoms with Gasteiger partial charge in [-0.05, 0) is 45.2 Å². The monoisotopic (exact) mass is 319 g/mol. The van der Waals surface area contributed by atoms with Gasteiger partial charge in [-0.1, -0.05) is 37.7 Å². The Morgan fingerprint density at radius 3 is 2.39 bits per heavy atom. The van der Waals surface area contributed by atoms with Crippen molar-refractivity contribution in [2.45, 2.75) is 63.6 Å². The van der Waals surface area contributed by atoms with Crippen LogP contribution in [-0.4, -0.2) is 47.8 Å². The zero-order chi connectivity index (χ0) is 16.9. The third kappa shape index (κ3) is 4.83. The maximum atomic E-state index is 12.7. The van der Waals surface area contributed by atoms with Gasteiger partial charge in [-0.25, -0.2) is 4.79 Å². The van der Waals surface area contributed by atoms with Gasteiger partial charge in [-0.3, -0.25) is 0 Å². The van der Waals surface area contributed by atoms with Gasteiger partial charge in [-0.15, -0.1) is 0 Å². The average molecular weight is 319 g/mol. The molecule has 1 N–H and O–H groups in total. The number of esters is 1. The van der Waals surface area contributed by atoms with Crippen LogP contribution >= 0.6 is 0 Å². The first-order valence-electron chi connectivity index (χ1n) is 8.72. The van der Waals surface area contributed by atoms with Crippen LogP contribution in [-0.2, 0) is 9.53 Å². The number of piperidine rings is 1. The Bertz CT molecular complexity index is 490. The number of ether oxygens (including phenoxy) is 1. The van der Waals surface area contributed by atoms with E-state index in [1.165, 1.54) is 0 Å². The molecule has 128 valence electrons. The summed E-state index contributed by atoms with van der Waals surface area (Å²) >= 11 is 0. The van der Waals surface area contributed by atoms with Crippen molar-refractivity contribution in [3.63, 3.8) is 0 Å². The SMILES string of the molecule is C=C(C)C#CC(O)(C(=O)OC1CCN(C)CC1)C1CCCCC1. The molecule has 0 aromatic carbocycles. The van der Waals surface area contributed by atoms with E-state index >= 15 is 0 Å². The highest BCUT2D eigenvalue weighted by Gasteiger charge is 2.45. The highest BCUT2D eigenvalue weighted by Crippen LogP contribution is 2.34. The van der Waals surface area contributed by atoms with Crippen LogP contribution in [0.4, 0.5) is 0 Å². The molecule has 1 heterocycles. The number of carbonyl (C=O) groups excluding carboxylic acids is 1. The molecule has 1 saturated carbocycles. The molecule has 1 atom stereocenters. The minimum Gasteiger partial charge on any atom is -0.459 e. The lowest BCUT2D eigenvalue weighted by molar-refractivity contribution is -0.173. The fourth-order valence-corrected chi connectivity index (χ4v) is 3.39. The molecule has 2 rings (SSSR count). The number of carbonyl (C=O) groups is 1. The molecule has 0 bridgehead atoms. The summed E-state index contributed by atoms with van der Waals surface area (Å²) in [6.07, 6.45) is 6.39. The van der Waals surface area contributed by atoms with Crippen LogP contribution in [0.5, 0.6) is 0 Å². The summed E-state index contributed by atoms with van der Waals surface area (Å²) in [6.45, 7) is 7.35. The van der Waals surface area contributed by atoms with Gasteiger partial charge in [0.25, 0.3) is 0 Å². The van der Waals surface area contributed by atoms with Gasteiger partial charge >= 0.3 is 5.97 Å². The Hall–Kier alpha value is -1.31. The van der Waals surface area contributed by atoms with Crippen molar-refractivity contribution >= 4 is 5.97 Å². The molecule has 4 nitrogen and oxygen atoms in total. The number of likely N-dealkylation sites (tertiary alicyclic amines) is 1. The van der Waals surface area contributed by atoms with E-state index in [0.717, 1.165) is 58.0 Å². The summed E-state index contributed by atoms with van der Waals surface area (Å²) in [5.74, 6) is 4.89. The fraction of sp³-hybridized carbons (Fsp3) is 0.737. The summed E-state index contributed by atoms with van der Waals surface area (Å²) in [5.41, 5.74) is -1.05. The van der Waals surface area contributed by atoms with Gasteiger partial charge in [0, 0.05) is 19.0 Å². The molecule has 0 spiro atoms. The van der Waals surface area contributed by atoms with E-state index < -0.39 is 11.6 Å². The molecule has 0 radical (unpaired) electrons. The quantitative estimate of drug-likeness (QED) is 0.641. The van der Waals surface area contributed by atoms with Gasteiger partial charge < -0.3 is 14.7 Å². The zero-order valence-corrected chi connectivity index (χ0v) is 14.4. The summed E-state index contributed by atoms with van der Waals surface area (Å²) in [7, 11) is 2.06. The standard InChI is InChI=1S/C19H29NO3/c1-15(2)9-12-19(22,16-7-5-4-6-8-16)18(21)23-17-10-13-20(3)14-11-17/h16-17,22H,1,4-8,10-11,13-14H2,2-3H3. The molecule has 1 unspecified atom stereocenters. The van der Waals surface area contributed by atoms with Crippen LogP contribution in [0, 0.1) is 17.8 Å². The number of allylic oxidation sites excluding steroid dienone is 1. The zero-order valence-electron chi connectivity index (χ0n) is 14.4. The van der Waals surface area contributed by atoms with Crippen LogP contribution < -0.4 is 0 Å². The molecule has 0 amide bonds. The number of rotatable bonds is 3. The van der Waals surface area contributed by atoms with E-state index in [9.17, 15) is 9.90 Å². The normalized spacial score (nSPS) is 23.4. The lowest BCUT2D eigenvalue weighted by Gasteiger charge is -2.35. The largest absolute Gasteiger partial charge is 0.459 e. The molecule has 0 aromatic heterocycles. The predicted molar refractivity (Wildman–Crippen MR) is 90.7 cm³/mol. The number of hydrogen-bond acceptors (Lipinski definition) is 4. The molecule has 1 saturated heterocycles. The van der Waals surface area contributed by atoms with Crippen molar-refractivity contribution < 1.29 is 14.6 Å². The van der Waals surface area contributed by atoms with E-state index in [1.807, 2.05) is 0 Å². The first-order chi connectivity index (χ1) is 10.9. The number of nitrogens with zero attached hydrogens (tertiary/aromatic N) is 1. The van der Waals surface area contributed by atoms with E-state index in [2.05, 4.69) is 30.4 Å². The van der Waals surface area contributed by atoms with Crippen molar-refractivity contribution in [1.82, 2.24) is 4.90 Å². The van der Waals surface area contributed by atoms with Crippen LogP contribution in [0.25, 0.3) is 0 Å². The topological polar surface area (TPSA) is 49.8 Å². The van der Waals surface area contributed by atoms with Crippen LogP contribution in [0.15, 0.2) is 12.2 Å². The van der Waals surface area contributed by atoms with E-state index in [-0.39, 0.29) is 12.0 Å². The summed E-state index contributed by atoms with van der Waals surface area (Å²) < 4.78 is 5.64. The Kier molecular flexibility index (Phi) is 6.26. The lowest BCUT2D eigenvalue weighted by Crippen LogP contribution is -2.49. The Morgan fingerprint density at radius 1 is 1.22 bits per heavy atom. The van der Waals surface area contributed by atoms with Gasteiger partial charge in [0.15, 0.2) is 0 Å². The van der Waals surface area contributed by atoms with Crippen molar-refractivity contribution in [2.24, 2.45) is 5.92 Å². The number of hydrogen-bond donors (Lipinski definition) is 1. The summed E-state index contributed by atoms with van der Waals surface area (Å²) in [4.78, 5) is 14.9.